The van der Waals surface area contributed by atoms with Crippen LogP contribution in [0.1, 0.15) is 16.7 Å². The number of amidine groups is 1. The number of sulfonamides is 1. The van der Waals surface area contributed by atoms with Crippen molar-refractivity contribution in [2.45, 2.75) is 18.4 Å². The van der Waals surface area contributed by atoms with E-state index in [1.807, 2.05) is 31.2 Å². The molecule has 0 fully saturated rings. The topological polar surface area (TPSA) is 85.3 Å². The van der Waals surface area contributed by atoms with E-state index < -0.39 is 16.0 Å². The van der Waals surface area contributed by atoms with Crippen LogP contribution in [-0.4, -0.2) is 26.8 Å². The van der Waals surface area contributed by atoms with Crippen molar-refractivity contribution in [1.82, 2.24) is 0 Å². The van der Waals surface area contributed by atoms with Crippen molar-refractivity contribution in [2.75, 3.05) is 11.5 Å². The van der Waals surface area contributed by atoms with Gasteiger partial charge in [0, 0.05) is 21.8 Å². The summed E-state index contributed by atoms with van der Waals surface area (Å²) in [6.07, 6.45) is 0. The first-order valence-corrected chi connectivity index (χ1v) is 13.6. The first-order chi connectivity index (χ1) is 18.3. The molecule has 0 amide bonds. The van der Waals surface area contributed by atoms with E-state index in [0.717, 1.165) is 5.56 Å². The largest absolute Gasteiger partial charge is 0.482 e. The summed E-state index contributed by atoms with van der Waals surface area (Å²) in [5, 5.41) is 0.540. The van der Waals surface area contributed by atoms with Crippen LogP contribution in [0.5, 0.6) is 11.5 Å². The first kappa shape index (κ1) is 25.5. The third-order valence-electron chi connectivity index (χ3n) is 5.91. The Morgan fingerprint density at radius 1 is 0.895 bits per heavy atom. The maximum absolute atomic E-state index is 12.8. The zero-order chi connectivity index (χ0) is 26.7. The molecule has 0 bridgehead atoms. The van der Waals surface area contributed by atoms with E-state index in [9.17, 15) is 13.2 Å². The number of benzene rings is 4. The number of hydrogen-bond acceptors (Lipinski definition) is 6. The summed E-state index contributed by atoms with van der Waals surface area (Å²) in [5.74, 6) is 0.599. The predicted molar refractivity (Wildman–Crippen MR) is 147 cm³/mol. The van der Waals surface area contributed by atoms with Gasteiger partial charge in [-0.15, -0.1) is 4.40 Å². The second kappa shape index (κ2) is 10.7. The number of anilines is 1. The van der Waals surface area contributed by atoms with Gasteiger partial charge in [-0.3, -0.25) is 0 Å². The fourth-order valence-electron chi connectivity index (χ4n) is 4.03. The van der Waals surface area contributed by atoms with Gasteiger partial charge >= 0.3 is 5.97 Å². The van der Waals surface area contributed by atoms with Gasteiger partial charge < -0.3 is 14.4 Å². The number of nitrogens with zero attached hydrogens (tertiary/aromatic N) is 2. The highest BCUT2D eigenvalue weighted by Crippen LogP contribution is 2.33. The summed E-state index contributed by atoms with van der Waals surface area (Å²) >= 11 is 6.11. The molecule has 0 unspecified atom stereocenters. The van der Waals surface area contributed by atoms with Crippen LogP contribution in [0.25, 0.3) is 0 Å². The number of aryl methyl sites for hydroxylation is 1. The molecule has 1 aliphatic rings. The third kappa shape index (κ3) is 5.56. The Morgan fingerprint density at radius 2 is 1.58 bits per heavy atom. The molecular formula is C29H23ClN2O5S. The maximum atomic E-state index is 12.8. The number of carbonyl (C=O) groups excluding carboxylic acids is 1. The van der Waals surface area contributed by atoms with Crippen molar-refractivity contribution in [3.63, 3.8) is 0 Å². The average Bonchev–Trinajstić information content (AvgIpc) is 3.19. The maximum Gasteiger partial charge on any atom is 0.349 e. The predicted octanol–water partition coefficient (Wildman–Crippen LogP) is 5.79. The van der Waals surface area contributed by atoms with E-state index in [4.69, 9.17) is 21.1 Å². The first-order valence-electron chi connectivity index (χ1n) is 11.8. The lowest BCUT2D eigenvalue weighted by molar-refractivity contribution is -0.136. The van der Waals surface area contributed by atoms with E-state index in [1.165, 1.54) is 6.07 Å². The molecule has 4 aromatic carbocycles. The number of halogens is 1. The minimum Gasteiger partial charge on any atom is -0.482 e. The molecule has 0 saturated carbocycles. The highest BCUT2D eigenvalue weighted by atomic mass is 35.5. The quantitative estimate of drug-likeness (QED) is 0.215. The second-order valence-corrected chi connectivity index (χ2v) is 10.6. The molecule has 0 N–H and O–H groups in total. The van der Waals surface area contributed by atoms with Crippen molar-refractivity contribution >= 4 is 39.1 Å². The SMILES string of the molecule is Cc1ccc(OCC(=O)Oc2ccccc2CN(C2=NS(=O)(=O)c3ccccc32)c2ccc(Cl)cc2)cc1. The molecule has 0 aromatic heterocycles. The number of rotatable bonds is 7. The van der Waals surface area contributed by atoms with Gasteiger partial charge in [-0.2, -0.15) is 8.42 Å². The van der Waals surface area contributed by atoms with Crippen LogP contribution < -0.4 is 14.4 Å². The van der Waals surface area contributed by atoms with E-state index in [1.54, 1.807) is 71.6 Å². The average molecular weight is 547 g/mol. The van der Waals surface area contributed by atoms with Crippen LogP contribution >= 0.6 is 11.6 Å². The van der Waals surface area contributed by atoms with Crippen LogP contribution in [0.2, 0.25) is 5.02 Å². The normalized spacial score (nSPS) is 13.4. The zero-order valence-corrected chi connectivity index (χ0v) is 21.9. The van der Waals surface area contributed by atoms with Gasteiger partial charge in [0.15, 0.2) is 12.4 Å². The van der Waals surface area contributed by atoms with E-state index in [2.05, 4.69) is 4.40 Å². The van der Waals surface area contributed by atoms with Crippen molar-refractivity contribution < 1.29 is 22.7 Å². The number of hydrogen-bond donors (Lipinski definition) is 0. The van der Waals surface area contributed by atoms with Gasteiger partial charge in [0.05, 0.1) is 6.54 Å². The van der Waals surface area contributed by atoms with Crippen LogP contribution in [0.4, 0.5) is 5.69 Å². The highest BCUT2D eigenvalue weighted by molar-refractivity contribution is 7.90. The molecule has 1 heterocycles. The number of carbonyl (C=O) groups is 1. The monoisotopic (exact) mass is 546 g/mol. The smallest absolute Gasteiger partial charge is 0.349 e. The van der Waals surface area contributed by atoms with Crippen molar-refractivity contribution in [3.05, 3.63) is 119 Å². The number of ether oxygens (including phenoxy) is 2. The lowest BCUT2D eigenvalue weighted by Crippen LogP contribution is -2.30. The molecule has 0 atom stereocenters. The Bertz CT molecular complexity index is 1620. The molecule has 4 aromatic rings. The number of esters is 1. The van der Waals surface area contributed by atoms with Gasteiger partial charge in [0.2, 0.25) is 0 Å². The van der Waals surface area contributed by atoms with E-state index >= 15 is 0 Å². The van der Waals surface area contributed by atoms with Crippen LogP contribution in [-0.2, 0) is 21.4 Å². The summed E-state index contributed by atoms with van der Waals surface area (Å²) in [4.78, 5) is 14.5. The molecule has 38 heavy (non-hydrogen) atoms. The summed E-state index contributed by atoms with van der Waals surface area (Å²) in [6, 6.07) is 28.1. The van der Waals surface area contributed by atoms with Gasteiger partial charge in [-0.1, -0.05) is 59.6 Å². The van der Waals surface area contributed by atoms with Gasteiger partial charge in [-0.05, 0) is 61.5 Å². The Labute approximate surface area is 226 Å². The molecular weight excluding hydrogens is 524 g/mol. The zero-order valence-electron chi connectivity index (χ0n) is 20.4. The molecule has 1 aliphatic heterocycles. The van der Waals surface area contributed by atoms with Crippen LogP contribution in [0.15, 0.2) is 106 Å². The van der Waals surface area contributed by atoms with Crippen LogP contribution in [0, 0.1) is 6.92 Å². The molecule has 192 valence electrons. The van der Waals surface area contributed by atoms with Gasteiger partial charge in [0.1, 0.15) is 16.4 Å². The molecule has 0 spiro atoms. The highest BCUT2D eigenvalue weighted by Gasteiger charge is 2.32. The molecule has 7 nitrogen and oxygen atoms in total. The Morgan fingerprint density at radius 3 is 2.34 bits per heavy atom. The van der Waals surface area contributed by atoms with Crippen molar-refractivity contribution in [1.29, 1.82) is 0 Å². The van der Waals surface area contributed by atoms with Crippen molar-refractivity contribution in [3.8, 4) is 11.5 Å². The van der Waals surface area contributed by atoms with Gasteiger partial charge in [-0.25, -0.2) is 4.79 Å². The molecule has 5 rings (SSSR count). The molecule has 0 aliphatic carbocycles. The Hall–Kier alpha value is -4.14. The van der Waals surface area contributed by atoms with E-state index in [0.29, 0.717) is 33.3 Å². The van der Waals surface area contributed by atoms with Gasteiger partial charge in [0.25, 0.3) is 10.0 Å². The van der Waals surface area contributed by atoms with E-state index in [-0.39, 0.29) is 23.9 Å². The lowest BCUT2D eigenvalue weighted by Gasteiger charge is -2.26. The molecule has 9 heteroatoms. The summed E-state index contributed by atoms with van der Waals surface area (Å²) in [6.45, 7) is 1.87. The molecule has 0 saturated heterocycles. The van der Waals surface area contributed by atoms with Crippen LogP contribution in [0.3, 0.4) is 0 Å². The third-order valence-corrected chi connectivity index (χ3v) is 7.49. The molecule has 0 radical (unpaired) electrons. The minimum atomic E-state index is -3.86. The Balaban J connectivity index is 1.43. The lowest BCUT2D eigenvalue weighted by atomic mass is 10.1. The number of para-hydroxylation sites is 1. The standard InChI is InChI=1S/C29H23ClN2O5S/c1-20-10-16-24(17-11-20)36-19-28(33)37-26-8-4-2-6-21(26)18-32(23-14-12-22(30)13-15-23)29-25-7-3-5-9-27(25)38(34,35)31-29/h2-17H,18-19H2,1H3. The second-order valence-electron chi connectivity index (χ2n) is 8.63. The Kier molecular flexibility index (Phi) is 7.18. The minimum absolute atomic E-state index is 0.141. The fraction of sp³-hybridized carbons (Fsp3) is 0.103. The summed E-state index contributed by atoms with van der Waals surface area (Å²) < 4.78 is 40.9. The number of fused-ring (bicyclic) bond motifs is 1. The summed E-state index contributed by atoms with van der Waals surface area (Å²) in [5.41, 5.74) is 2.89. The van der Waals surface area contributed by atoms with Crippen molar-refractivity contribution in [2.24, 2.45) is 4.40 Å². The fourth-order valence-corrected chi connectivity index (χ4v) is 5.36. The summed E-state index contributed by atoms with van der Waals surface area (Å²) in [7, 11) is -3.86.